The third-order valence-corrected chi connectivity index (χ3v) is 2.64. The highest BCUT2D eigenvalue weighted by Crippen LogP contribution is 2.24. The minimum atomic E-state index is -0.201. The lowest BCUT2D eigenvalue weighted by Gasteiger charge is -2.04. The van der Waals surface area contributed by atoms with E-state index >= 15 is 0 Å². The van der Waals surface area contributed by atoms with Gasteiger partial charge in [-0.1, -0.05) is 41.9 Å². The van der Waals surface area contributed by atoms with E-state index in [1.54, 1.807) is 6.08 Å². The molecule has 0 aromatic heterocycles. The second-order valence-corrected chi connectivity index (χ2v) is 3.78. The van der Waals surface area contributed by atoms with E-state index in [0.29, 0.717) is 10.9 Å². The topological polar surface area (TPSA) is 0 Å². The van der Waals surface area contributed by atoms with Crippen LogP contribution in [-0.2, 0) is 0 Å². The van der Waals surface area contributed by atoms with Crippen molar-refractivity contribution in [2.45, 2.75) is 5.38 Å². The van der Waals surface area contributed by atoms with Crippen LogP contribution in [0.2, 0.25) is 0 Å². The zero-order valence-electron chi connectivity index (χ0n) is 6.88. The van der Waals surface area contributed by atoms with Crippen molar-refractivity contribution in [1.29, 1.82) is 0 Å². The predicted octanol–water partition coefficient (Wildman–Crippen LogP) is 4.33. The van der Waals surface area contributed by atoms with E-state index < -0.39 is 0 Å². The Labute approximate surface area is 93.1 Å². The zero-order valence-corrected chi connectivity index (χ0v) is 9.15. The fourth-order valence-electron chi connectivity index (χ4n) is 0.936. The Morgan fingerprint density at radius 1 is 1.31 bits per heavy atom. The van der Waals surface area contributed by atoms with Gasteiger partial charge in [0.2, 0.25) is 0 Å². The van der Waals surface area contributed by atoms with E-state index in [1.807, 2.05) is 30.3 Å². The summed E-state index contributed by atoms with van der Waals surface area (Å²) in [4.78, 5) is 0. The maximum atomic E-state index is 6.06. The molecule has 0 aliphatic heterocycles. The van der Waals surface area contributed by atoms with E-state index in [1.165, 1.54) is 0 Å². The molecule has 0 amide bonds. The highest BCUT2D eigenvalue weighted by Gasteiger charge is 2.03. The number of halogens is 3. The summed E-state index contributed by atoms with van der Waals surface area (Å²) >= 11 is 17.3. The summed E-state index contributed by atoms with van der Waals surface area (Å²) < 4.78 is 0. The average Bonchev–Trinajstić information content (AvgIpc) is 2.19. The Morgan fingerprint density at radius 3 is 2.46 bits per heavy atom. The minimum Gasteiger partial charge on any atom is -0.121 e. The summed E-state index contributed by atoms with van der Waals surface area (Å²) in [7, 11) is 0. The molecule has 0 saturated carbocycles. The summed E-state index contributed by atoms with van der Waals surface area (Å²) in [6.45, 7) is 0. The minimum absolute atomic E-state index is 0.201. The molecule has 3 heteroatoms. The normalized spacial score (nSPS) is 14.2. The molecular weight excluding hydrogens is 226 g/mol. The van der Waals surface area contributed by atoms with Crippen molar-refractivity contribution in [3.63, 3.8) is 0 Å². The maximum Gasteiger partial charge on any atom is 0.0780 e. The molecule has 1 aromatic carbocycles. The van der Waals surface area contributed by atoms with Crippen LogP contribution >= 0.6 is 34.8 Å². The van der Waals surface area contributed by atoms with Crippen LogP contribution in [0.25, 0.3) is 0 Å². The lowest BCUT2D eigenvalue weighted by molar-refractivity contribution is 1.20. The number of hydrogen-bond donors (Lipinski definition) is 0. The van der Waals surface area contributed by atoms with Crippen molar-refractivity contribution in [2.24, 2.45) is 0 Å². The van der Waals surface area contributed by atoms with E-state index in [9.17, 15) is 0 Å². The summed E-state index contributed by atoms with van der Waals surface area (Å²) in [5, 5.41) is 0.373. The van der Waals surface area contributed by atoms with Crippen molar-refractivity contribution in [1.82, 2.24) is 0 Å². The Kier molecular flexibility index (Phi) is 4.65. The van der Waals surface area contributed by atoms with Gasteiger partial charge in [0.15, 0.2) is 0 Å². The SMILES string of the molecule is ClC/C(Cl)=C/C(Cl)c1ccccc1. The van der Waals surface area contributed by atoms with Gasteiger partial charge in [0.05, 0.1) is 11.3 Å². The molecule has 1 rings (SSSR count). The molecule has 1 unspecified atom stereocenters. The van der Waals surface area contributed by atoms with Crippen molar-refractivity contribution in [2.75, 3.05) is 5.88 Å². The van der Waals surface area contributed by atoms with Crippen LogP contribution < -0.4 is 0 Å². The van der Waals surface area contributed by atoms with E-state index in [4.69, 9.17) is 34.8 Å². The van der Waals surface area contributed by atoms with Crippen LogP contribution in [0.3, 0.4) is 0 Å². The second-order valence-electron chi connectivity index (χ2n) is 2.56. The predicted molar refractivity (Wildman–Crippen MR) is 59.7 cm³/mol. The van der Waals surface area contributed by atoms with Gasteiger partial charge in [-0.2, -0.15) is 0 Å². The van der Waals surface area contributed by atoms with Gasteiger partial charge in [0.25, 0.3) is 0 Å². The molecule has 70 valence electrons. The van der Waals surface area contributed by atoms with E-state index in [2.05, 4.69) is 0 Å². The standard InChI is InChI=1S/C10H9Cl3/c11-7-9(12)6-10(13)8-4-2-1-3-5-8/h1-6,10H,7H2/b9-6-. The number of hydrogen-bond acceptors (Lipinski definition) is 0. The van der Waals surface area contributed by atoms with Crippen LogP contribution in [0.4, 0.5) is 0 Å². The maximum absolute atomic E-state index is 6.06. The molecule has 0 aliphatic carbocycles. The number of allylic oxidation sites excluding steroid dienone is 2. The van der Waals surface area contributed by atoms with Gasteiger partial charge in [-0.3, -0.25) is 0 Å². The number of rotatable bonds is 3. The lowest BCUT2D eigenvalue weighted by Crippen LogP contribution is -1.86. The number of alkyl halides is 2. The quantitative estimate of drug-likeness (QED) is 0.684. The molecule has 0 spiro atoms. The van der Waals surface area contributed by atoms with Gasteiger partial charge in [-0.05, 0) is 11.6 Å². The lowest BCUT2D eigenvalue weighted by atomic mass is 10.1. The molecule has 0 bridgehead atoms. The first kappa shape index (κ1) is 10.9. The Hall–Kier alpha value is -0.170. The first-order valence-electron chi connectivity index (χ1n) is 3.85. The second kappa shape index (κ2) is 5.54. The molecule has 0 aliphatic rings. The molecule has 1 atom stereocenters. The summed E-state index contributed by atoms with van der Waals surface area (Å²) in [6, 6.07) is 9.72. The molecule has 0 saturated heterocycles. The molecule has 0 N–H and O–H groups in total. The first-order valence-corrected chi connectivity index (χ1v) is 5.20. The smallest absolute Gasteiger partial charge is 0.0780 e. The van der Waals surface area contributed by atoms with E-state index in [0.717, 1.165) is 5.56 Å². The largest absolute Gasteiger partial charge is 0.121 e. The van der Waals surface area contributed by atoms with Gasteiger partial charge >= 0.3 is 0 Å². The van der Waals surface area contributed by atoms with Gasteiger partial charge in [-0.25, -0.2) is 0 Å². The summed E-state index contributed by atoms with van der Waals surface area (Å²) in [6.07, 6.45) is 1.74. The van der Waals surface area contributed by atoms with Gasteiger partial charge < -0.3 is 0 Å². The molecule has 13 heavy (non-hydrogen) atoms. The van der Waals surface area contributed by atoms with Crippen molar-refractivity contribution < 1.29 is 0 Å². The van der Waals surface area contributed by atoms with Crippen LogP contribution in [0, 0.1) is 0 Å². The van der Waals surface area contributed by atoms with Crippen LogP contribution in [0.5, 0.6) is 0 Å². The third kappa shape index (κ3) is 3.60. The fourth-order valence-corrected chi connectivity index (χ4v) is 1.51. The molecule has 0 radical (unpaired) electrons. The Balaban J connectivity index is 2.75. The van der Waals surface area contributed by atoms with Crippen LogP contribution in [0.1, 0.15) is 10.9 Å². The highest BCUT2D eigenvalue weighted by molar-refractivity contribution is 6.36. The van der Waals surface area contributed by atoms with Crippen molar-refractivity contribution in [3.8, 4) is 0 Å². The van der Waals surface area contributed by atoms with Crippen LogP contribution in [-0.4, -0.2) is 5.88 Å². The van der Waals surface area contributed by atoms with Crippen molar-refractivity contribution >= 4 is 34.8 Å². The van der Waals surface area contributed by atoms with Gasteiger partial charge in [0, 0.05) is 5.03 Å². The summed E-state index contributed by atoms with van der Waals surface area (Å²) in [5.41, 5.74) is 1.02. The van der Waals surface area contributed by atoms with Gasteiger partial charge in [0.1, 0.15) is 0 Å². The number of benzene rings is 1. The zero-order chi connectivity index (χ0) is 9.68. The van der Waals surface area contributed by atoms with Gasteiger partial charge in [-0.15, -0.1) is 23.2 Å². The fraction of sp³-hybridized carbons (Fsp3) is 0.200. The van der Waals surface area contributed by atoms with Crippen LogP contribution in [0.15, 0.2) is 41.4 Å². The average molecular weight is 236 g/mol. The third-order valence-electron chi connectivity index (χ3n) is 1.57. The molecule has 0 heterocycles. The van der Waals surface area contributed by atoms with E-state index in [-0.39, 0.29) is 5.38 Å². The first-order chi connectivity index (χ1) is 6.24. The van der Waals surface area contributed by atoms with Crippen molar-refractivity contribution in [3.05, 3.63) is 47.0 Å². The Morgan fingerprint density at radius 2 is 1.92 bits per heavy atom. The highest BCUT2D eigenvalue weighted by atomic mass is 35.5. The molecule has 0 nitrogen and oxygen atoms in total. The monoisotopic (exact) mass is 234 g/mol. The summed E-state index contributed by atoms with van der Waals surface area (Å²) in [5.74, 6) is 0.303. The molecule has 0 fully saturated rings. The Bertz CT molecular complexity index is 279. The molecular formula is C10H9Cl3. The molecule has 1 aromatic rings.